The number of piperidine rings is 1. The van der Waals surface area contributed by atoms with Gasteiger partial charge in [-0.2, -0.15) is 0 Å². The lowest BCUT2D eigenvalue weighted by Gasteiger charge is -2.44. The lowest BCUT2D eigenvalue weighted by molar-refractivity contribution is 0.0537. The Kier molecular flexibility index (Phi) is 4.33. The third-order valence-electron chi connectivity index (χ3n) is 5.36. The molecular formula is C19H24N4. The van der Waals surface area contributed by atoms with E-state index in [1.54, 1.807) is 6.20 Å². The molecule has 4 nitrogen and oxygen atoms in total. The Balaban J connectivity index is 1.52. The monoisotopic (exact) mass is 308 g/mol. The first-order chi connectivity index (χ1) is 11.4. The van der Waals surface area contributed by atoms with E-state index in [4.69, 9.17) is 4.98 Å². The molecule has 1 saturated carbocycles. The molecule has 0 N–H and O–H groups in total. The maximum Gasteiger partial charge on any atom is 0.160 e. The largest absolute Gasteiger partial charge is 0.294 e. The molecule has 0 aromatic carbocycles. The first-order valence-electron chi connectivity index (χ1n) is 8.86. The van der Waals surface area contributed by atoms with E-state index in [-0.39, 0.29) is 0 Å². The number of nitrogens with zero attached hydrogens (tertiary/aromatic N) is 4. The molecular weight excluding hydrogens is 284 g/mol. The van der Waals surface area contributed by atoms with Crippen LogP contribution >= 0.6 is 0 Å². The third-order valence-corrected chi connectivity index (χ3v) is 5.36. The van der Waals surface area contributed by atoms with Crippen molar-refractivity contribution in [1.82, 2.24) is 19.9 Å². The number of hydrogen-bond acceptors (Lipinski definition) is 4. The van der Waals surface area contributed by atoms with Crippen molar-refractivity contribution in [1.29, 1.82) is 0 Å². The molecule has 2 fully saturated rings. The molecule has 2 aliphatic rings. The van der Waals surface area contributed by atoms with Crippen molar-refractivity contribution < 1.29 is 0 Å². The summed E-state index contributed by atoms with van der Waals surface area (Å²) in [6.07, 6.45) is 13.9. The number of rotatable bonds is 3. The molecule has 0 amide bonds. The van der Waals surface area contributed by atoms with Crippen molar-refractivity contribution >= 4 is 0 Å². The Morgan fingerprint density at radius 2 is 1.96 bits per heavy atom. The SMILES string of the molecule is c1cncc(-c2nccc(CN3CCCC4CCCCC43)n2)c1. The minimum atomic E-state index is 0.773. The second kappa shape index (κ2) is 6.75. The van der Waals surface area contributed by atoms with E-state index in [2.05, 4.69) is 20.9 Å². The van der Waals surface area contributed by atoms with Crippen LogP contribution in [0.1, 0.15) is 44.2 Å². The molecule has 0 radical (unpaired) electrons. The molecule has 3 heterocycles. The maximum absolute atomic E-state index is 4.78. The van der Waals surface area contributed by atoms with Gasteiger partial charge in [0.05, 0.1) is 5.69 Å². The maximum atomic E-state index is 4.78. The van der Waals surface area contributed by atoms with Crippen LogP contribution in [0.2, 0.25) is 0 Å². The van der Waals surface area contributed by atoms with Gasteiger partial charge in [-0.15, -0.1) is 0 Å². The predicted molar refractivity (Wildman–Crippen MR) is 90.7 cm³/mol. The molecule has 23 heavy (non-hydrogen) atoms. The molecule has 0 bridgehead atoms. The van der Waals surface area contributed by atoms with E-state index < -0.39 is 0 Å². The summed E-state index contributed by atoms with van der Waals surface area (Å²) in [5.74, 6) is 1.70. The molecule has 2 atom stereocenters. The number of hydrogen-bond donors (Lipinski definition) is 0. The highest BCUT2D eigenvalue weighted by Gasteiger charge is 2.33. The van der Waals surface area contributed by atoms with Crippen molar-refractivity contribution in [2.24, 2.45) is 5.92 Å². The number of pyridine rings is 1. The highest BCUT2D eigenvalue weighted by molar-refractivity contribution is 5.52. The second-order valence-electron chi connectivity index (χ2n) is 6.84. The Bertz CT molecular complexity index is 641. The molecule has 0 spiro atoms. The zero-order valence-electron chi connectivity index (χ0n) is 13.6. The molecule has 4 heteroatoms. The minimum absolute atomic E-state index is 0.773. The normalized spacial score (nSPS) is 25.0. The van der Waals surface area contributed by atoms with Gasteiger partial charge < -0.3 is 0 Å². The number of fused-ring (bicyclic) bond motifs is 1. The van der Waals surface area contributed by atoms with Crippen LogP contribution in [-0.4, -0.2) is 32.4 Å². The predicted octanol–water partition coefficient (Wildman–Crippen LogP) is 3.69. The van der Waals surface area contributed by atoms with E-state index in [0.29, 0.717) is 0 Å². The van der Waals surface area contributed by atoms with E-state index in [1.807, 2.05) is 24.5 Å². The van der Waals surface area contributed by atoms with E-state index in [0.717, 1.165) is 35.6 Å². The number of likely N-dealkylation sites (tertiary alicyclic amines) is 1. The molecule has 1 aliphatic carbocycles. The standard InChI is InChI=1S/C19H24N4/c1-2-8-18-15(5-1)7-4-12-23(18)14-17-9-11-21-19(22-17)16-6-3-10-20-13-16/h3,6,9-11,13,15,18H,1-2,4-5,7-8,12,14H2. The zero-order chi connectivity index (χ0) is 15.5. The van der Waals surface area contributed by atoms with Crippen LogP contribution in [0, 0.1) is 5.92 Å². The summed E-state index contributed by atoms with van der Waals surface area (Å²) in [7, 11) is 0. The van der Waals surface area contributed by atoms with Gasteiger partial charge in [0.1, 0.15) is 0 Å². The van der Waals surface area contributed by atoms with Gasteiger partial charge in [0.25, 0.3) is 0 Å². The van der Waals surface area contributed by atoms with E-state index >= 15 is 0 Å². The number of aromatic nitrogens is 3. The quantitative estimate of drug-likeness (QED) is 0.867. The van der Waals surface area contributed by atoms with Crippen LogP contribution in [0.5, 0.6) is 0 Å². The topological polar surface area (TPSA) is 41.9 Å². The highest BCUT2D eigenvalue weighted by Crippen LogP contribution is 2.35. The van der Waals surface area contributed by atoms with Gasteiger partial charge in [-0.1, -0.05) is 12.8 Å². The Hall–Kier alpha value is -1.81. The van der Waals surface area contributed by atoms with Gasteiger partial charge in [0.2, 0.25) is 0 Å². The lowest BCUT2D eigenvalue weighted by Crippen LogP contribution is -2.46. The minimum Gasteiger partial charge on any atom is -0.294 e. The molecule has 1 saturated heterocycles. The molecule has 1 aliphatic heterocycles. The Morgan fingerprint density at radius 1 is 1.04 bits per heavy atom. The van der Waals surface area contributed by atoms with Crippen LogP contribution in [0.4, 0.5) is 0 Å². The summed E-state index contributed by atoms with van der Waals surface area (Å²) in [5.41, 5.74) is 2.12. The Labute approximate surface area is 138 Å². The van der Waals surface area contributed by atoms with E-state index in [1.165, 1.54) is 45.1 Å². The summed E-state index contributed by atoms with van der Waals surface area (Å²) in [6, 6.07) is 6.79. The van der Waals surface area contributed by atoms with Crippen molar-refractivity contribution in [2.75, 3.05) is 6.54 Å². The first kappa shape index (κ1) is 14.8. The van der Waals surface area contributed by atoms with Crippen LogP contribution < -0.4 is 0 Å². The summed E-state index contributed by atoms with van der Waals surface area (Å²) in [4.78, 5) is 16.0. The average molecular weight is 308 g/mol. The summed E-state index contributed by atoms with van der Waals surface area (Å²) >= 11 is 0. The molecule has 2 unspecified atom stereocenters. The summed E-state index contributed by atoms with van der Waals surface area (Å²) < 4.78 is 0. The van der Waals surface area contributed by atoms with Crippen LogP contribution in [0.15, 0.2) is 36.8 Å². The fraction of sp³-hybridized carbons (Fsp3) is 0.526. The zero-order valence-corrected chi connectivity index (χ0v) is 13.6. The summed E-state index contributed by atoms with van der Waals surface area (Å²) in [6.45, 7) is 2.17. The van der Waals surface area contributed by atoms with Crippen LogP contribution in [0.3, 0.4) is 0 Å². The van der Waals surface area contributed by atoms with Gasteiger partial charge in [-0.25, -0.2) is 9.97 Å². The third kappa shape index (κ3) is 3.27. The van der Waals surface area contributed by atoms with Gasteiger partial charge in [-0.05, 0) is 56.3 Å². The average Bonchev–Trinajstić information content (AvgIpc) is 2.63. The first-order valence-corrected chi connectivity index (χ1v) is 8.86. The molecule has 2 aromatic rings. The highest BCUT2D eigenvalue weighted by atomic mass is 15.2. The van der Waals surface area contributed by atoms with E-state index in [9.17, 15) is 0 Å². The molecule has 4 rings (SSSR count). The van der Waals surface area contributed by atoms with Crippen LogP contribution in [0.25, 0.3) is 11.4 Å². The van der Waals surface area contributed by atoms with Gasteiger partial charge in [-0.3, -0.25) is 9.88 Å². The summed E-state index contributed by atoms with van der Waals surface area (Å²) in [5, 5.41) is 0. The molecule has 2 aromatic heterocycles. The lowest BCUT2D eigenvalue weighted by atomic mass is 9.78. The van der Waals surface area contributed by atoms with Gasteiger partial charge >= 0.3 is 0 Å². The Morgan fingerprint density at radius 3 is 2.87 bits per heavy atom. The fourth-order valence-corrected chi connectivity index (χ4v) is 4.25. The second-order valence-corrected chi connectivity index (χ2v) is 6.84. The van der Waals surface area contributed by atoms with Crippen LogP contribution in [-0.2, 0) is 6.54 Å². The van der Waals surface area contributed by atoms with Crippen molar-refractivity contribution in [3.8, 4) is 11.4 Å². The van der Waals surface area contributed by atoms with Crippen molar-refractivity contribution in [3.63, 3.8) is 0 Å². The molecule has 120 valence electrons. The fourth-order valence-electron chi connectivity index (χ4n) is 4.25. The van der Waals surface area contributed by atoms with Crippen molar-refractivity contribution in [3.05, 3.63) is 42.5 Å². The van der Waals surface area contributed by atoms with Gasteiger partial charge in [0, 0.05) is 36.7 Å². The van der Waals surface area contributed by atoms with Crippen molar-refractivity contribution in [2.45, 2.75) is 51.1 Å². The van der Waals surface area contributed by atoms with Gasteiger partial charge in [0.15, 0.2) is 5.82 Å². The smallest absolute Gasteiger partial charge is 0.160 e.